The second-order valence-corrected chi connectivity index (χ2v) is 10.9. The van der Waals surface area contributed by atoms with Gasteiger partial charge in [0, 0.05) is 38.4 Å². The van der Waals surface area contributed by atoms with Gasteiger partial charge in [0.25, 0.3) is 0 Å². The zero-order valence-corrected chi connectivity index (χ0v) is 23.1. The van der Waals surface area contributed by atoms with E-state index in [9.17, 15) is 19.5 Å². The summed E-state index contributed by atoms with van der Waals surface area (Å²) in [5.41, 5.74) is 5.18. The molecule has 1 atom stereocenters. The summed E-state index contributed by atoms with van der Waals surface area (Å²) in [6.45, 7) is 1.84. The molecule has 1 aromatic carbocycles. The molecule has 0 spiro atoms. The molecule has 1 aliphatic carbocycles. The predicted molar refractivity (Wildman–Crippen MR) is 154 cm³/mol. The van der Waals surface area contributed by atoms with Gasteiger partial charge in [-0.2, -0.15) is 0 Å². The summed E-state index contributed by atoms with van der Waals surface area (Å²) in [5, 5.41) is 12.2. The minimum Gasteiger partial charge on any atom is -0.477 e. The molecule has 3 fully saturated rings. The number of ether oxygens (including phenoxy) is 1. The molecule has 6 rings (SSSR count). The number of nitrogens with one attached hydrogen (secondary N) is 1. The van der Waals surface area contributed by atoms with Crippen molar-refractivity contribution in [2.24, 2.45) is 5.73 Å². The molecular formula is C27H27F2N7O5S. The van der Waals surface area contributed by atoms with Crippen LogP contribution in [0.3, 0.4) is 0 Å². The summed E-state index contributed by atoms with van der Waals surface area (Å²) in [5.74, 6) is -2.56. The van der Waals surface area contributed by atoms with Gasteiger partial charge in [0.2, 0.25) is 5.43 Å². The number of thiocarbonyl (C=S) groups is 1. The summed E-state index contributed by atoms with van der Waals surface area (Å²) >= 11 is 4.77. The van der Waals surface area contributed by atoms with Crippen LogP contribution in [0.4, 0.5) is 30.8 Å². The minimum absolute atomic E-state index is 0.00825. The Balaban J connectivity index is 1.18. The van der Waals surface area contributed by atoms with Gasteiger partial charge >= 0.3 is 12.1 Å². The molecule has 0 unspecified atom stereocenters. The fraction of sp³-hybridized carbons (Fsp3) is 0.370. The van der Waals surface area contributed by atoms with E-state index in [1.807, 2.05) is 4.90 Å². The number of nitrogens with two attached hydrogens (primary N) is 1. The van der Waals surface area contributed by atoms with Crippen molar-refractivity contribution < 1.29 is 28.2 Å². The van der Waals surface area contributed by atoms with Gasteiger partial charge in [-0.1, -0.05) is 0 Å². The van der Waals surface area contributed by atoms with Crippen LogP contribution in [0.25, 0.3) is 11.0 Å². The van der Waals surface area contributed by atoms with Crippen molar-refractivity contribution in [2.75, 3.05) is 54.0 Å². The van der Waals surface area contributed by atoms with Crippen molar-refractivity contribution >= 4 is 57.6 Å². The Kier molecular flexibility index (Phi) is 7.04. The van der Waals surface area contributed by atoms with Gasteiger partial charge < -0.3 is 35.3 Å². The molecule has 220 valence electrons. The maximum Gasteiger partial charge on any atom is 0.414 e. The molecule has 4 N–H and O–H groups in total. The molecule has 3 aliphatic rings. The molecule has 2 aromatic heterocycles. The highest BCUT2D eigenvalue weighted by Crippen LogP contribution is 2.37. The van der Waals surface area contributed by atoms with Crippen molar-refractivity contribution in [1.29, 1.82) is 0 Å². The van der Waals surface area contributed by atoms with Crippen molar-refractivity contribution in [2.45, 2.75) is 25.0 Å². The van der Waals surface area contributed by atoms with Crippen LogP contribution < -0.4 is 31.2 Å². The zero-order chi connectivity index (χ0) is 29.7. The van der Waals surface area contributed by atoms with Crippen molar-refractivity contribution in [3.05, 3.63) is 57.9 Å². The molecule has 4 heterocycles. The molecule has 2 aliphatic heterocycles. The molecule has 2 saturated heterocycles. The van der Waals surface area contributed by atoms with Gasteiger partial charge in [0.1, 0.15) is 23.1 Å². The summed E-state index contributed by atoms with van der Waals surface area (Å²) in [4.78, 5) is 46.0. The number of hydrogen-bond acceptors (Lipinski definition) is 8. The van der Waals surface area contributed by atoms with Gasteiger partial charge in [-0.15, -0.1) is 0 Å². The average Bonchev–Trinajstić information content (AvgIpc) is 3.73. The number of carbonyl (C=O) groups excluding carboxylic acids is 1. The second kappa shape index (κ2) is 10.7. The van der Waals surface area contributed by atoms with Crippen molar-refractivity contribution in [1.82, 2.24) is 14.9 Å². The van der Waals surface area contributed by atoms with Gasteiger partial charge in [-0.05, 0) is 49.3 Å². The van der Waals surface area contributed by atoms with E-state index in [4.69, 9.17) is 22.7 Å². The lowest BCUT2D eigenvalue weighted by Gasteiger charge is -2.37. The van der Waals surface area contributed by atoms with E-state index >= 15 is 8.78 Å². The third-order valence-electron chi connectivity index (χ3n) is 7.65. The first-order valence-corrected chi connectivity index (χ1v) is 13.8. The predicted octanol–water partition coefficient (Wildman–Crippen LogP) is 2.19. The largest absolute Gasteiger partial charge is 0.477 e. The van der Waals surface area contributed by atoms with Crippen LogP contribution >= 0.6 is 12.2 Å². The number of rotatable bonds is 7. The SMILES string of the molecule is NC(=S)NC[C@H]1CN(c2ccc(N3CCN(c4nc5c(cc4F)c(=O)c(C(=O)O)cn5C4CC4)CC3)c(F)c2)C(=O)O1. The maximum absolute atomic E-state index is 15.3. The first-order chi connectivity index (χ1) is 20.1. The second-order valence-electron chi connectivity index (χ2n) is 10.5. The Morgan fingerprint density at radius 3 is 2.48 bits per heavy atom. The lowest BCUT2D eigenvalue weighted by atomic mass is 10.1. The minimum atomic E-state index is -1.37. The number of nitrogens with zero attached hydrogens (tertiary/aromatic N) is 5. The van der Waals surface area contributed by atoms with E-state index in [1.165, 1.54) is 17.2 Å². The number of pyridine rings is 2. The third kappa shape index (κ3) is 5.15. The van der Waals surface area contributed by atoms with E-state index in [-0.39, 0.29) is 41.1 Å². The quantitative estimate of drug-likeness (QED) is 0.344. The van der Waals surface area contributed by atoms with Crippen LogP contribution in [0.2, 0.25) is 0 Å². The number of aromatic carboxylic acids is 1. The van der Waals surface area contributed by atoms with E-state index < -0.39 is 40.8 Å². The number of fused-ring (bicyclic) bond motifs is 1. The standard InChI is InChI=1S/C27H27F2N7O5S/c28-19-9-15(36-12-16(41-27(36)40)11-31-26(30)42)3-4-21(19)33-5-7-34(8-6-33)24-20(29)10-17-22(37)18(25(38)39)13-35(14-1-2-14)23(17)32-24/h3-4,9-10,13-14,16H,1-2,5-8,11-12H2,(H,38,39)(H3,30,31,42)/t16-/m0/s1. The zero-order valence-electron chi connectivity index (χ0n) is 22.3. The highest BCUT2D eigenvalue weighted by molar-refractivity contribution is 7.80. The van der Waals surface area contributed by atoms with Gasteiger partial charge in [-0.25, -0.2) is 23.4 Å². The number of halogens is 2. The van der Waals surface area contributed by atoms with Crippen molar-refractivity contribution in [3.8, 4) is 0 Å². The maximum atomic E-state index is 15.3. The Hall–Kier alpha value is -4.53. The van der Waals surface area contributed by atoms with Crippen LogP contribution in [-0.2, 0) is 4.74 Å². The van der Waals surface area contributed by atoms with Gasteiger partial charge in [-0.3, -0.25) is 9.69 Å². The highest BCUT2D eigenvalue weighted by Gasteiger charge is 2.33. The van der Waals surface area contributed by atoms with E-state index in [0.717, 1.165) is 18.9 Å². The summed E-state index contributed by atoms with van der Waals surface area (Å²) in [6.07, 6.45) is 1.83. The summed E-state index contributed by atoms with van der Waals surface area (Å²) < 4.78 is 37.5. The van der Waals surface area contributed by atoms with Gasteiger partial charge in [0.05, 0.1) is 29.9 Å². The normalized spacial score (nSPS) is 18.9. The molecule has 42 heavy (non-hydrogen) atoms. The number of cyclic esters (lactones) is 1. The molecule has 0 bridgehead atoms. The molecule has 3 aromatic rings. The average molecular weight is 600 g/mol. The number of piperazine rings is 1. The summed E-state index contributed by atoms with van der Waals surface area (Å²) in [6, 6.07) is 5.58. The molecule has 15 heteroatoms. The van der Waals surface area contributed by atoms with E-state index in [0.29, 0.717) is 37.6 Å². The van der Waals surface area contributed by atoms with Crippen LogP contribution in [-0.4, -0.2) is 77.2 Å². The number of hydrogen-bond donors (Lipinski definition) is 3. The number of benzene rings is 1. The number of amides is 1. The molecule has 1 amide bonds. The van der Waals surface area contributed by atoms with Crippen molar-refractivity contribution in [3.63, 3.8) is 0 Å². The topological polar surface area (TPSA) is 146 Å². The van der Waals surface area contributed by atoms with Gasteiger partial charge in [0.15, 0.2) is 16.7 Å². The third-order valence-corrected chi connectivity index (χ3v) is 7.80. The highest BCUT2D eigenvalue weighted by atomic mass is 32.1. The number of anilines is 3. The summed E-state index contributed by atoms with van der Waals surface area (Å²) in [7, 11) is 0. The molecule has 1 saturated carbocycles. The first kappa shape index (κ1) is 27.6. The van der Waals surface area contributed by atoms with Crippen LogP contribution in [0.1, 0.15) is 29.2 Å². The van der Waals surface area contributed by atoms with Crippen LogP contribution in [0.5, 0.6) is 0 Å². The Labute approximate surface area is 243 Å². The fourth-order valence-corrected chi connectivity index (χ4v) is 5.46. The fourth-order valence-electron chi connectivity index (χ4n) is 5.38. The number of carboxylic acid groups (broad SMARTS) is 1. The molecule has 0 radical (unpaired) electrons. The number of aromatic nitrogens is 2. The number of carbonyl (C=O) groups is 2. The van der Waals surface area contributed by atoms with Crippen LogP contribution in [0, 0.1) is 11.6 Å². The lowest BCUT2D eigenvalue weighted by molar-refractivity contribution is 0.0694. The Morgan fingerprint density at radius 2 is 1.83 bits per heavy atom. The smallest absolute Gasteiger partial charge is 0.414 e. The first-order valence-electron chi connectivity index (χ1n) is 13.4. The van der Waals surface area contributed by atoms with E-state index in [1.54, 1.807) is 21.6 Å². The molecule has 12 nitrogen and oxygen atoms in total. The molecular weight excluding hydrogens is 572 g/mol. The number of carboxylic acids is 1. The monoisotopic (exact) mass is 599 g/mol. The Morgan fingerprint density at radius 1 is 1.12 bits per heavy atom. The van der Waals surface area contributed by atoms with E-state index in [2.05, 4.69) is 10.3 Å². The van der Waals surface area contributed by atoms with Crippen LogP contribution in [0.15, 0.2) is 35.3 Å². The lowest BCUT2D eigenvalue weighted by Crippen LogP contribution is -2.47. The Bertz CT molecular complexity index is 1670.